The molecule has 1 amide bonds. The lowest BCUT2D eigenvalue weighted by Crippen LogP contribution is -2.50. The van der Waals surface area contributed by atoms with Crippen LogP contribution in [-0.2, 0) is 4.79 Å². The average Bonchev–Trinajstić information content (AvgIpc) is 3.05. The molecule has 0 bridgehead atoms. The van der Waals surface area contributed by atoms with E-state index in [1.165, 1.54) is 0 Å². The first-order chi connectivity index (χ1) is 22.2. The molecule has 0 spiro atoms. The maximum absolute atomic E-state index is 13.0. The molecule has 248 valence electrons. The number of carbonyl (C=O) groups is 1. The number of nitrogens with zero attached hydrogens (tertiary/aromatic N) is 3. The second-order valence-electron chi connectivity index (χ2n) is 11.8. The minimum absolute atomic E-state index is 0.0116. The third-order valence-corrected chi connectivity index (χ3v) is 7.90. The number of piperidine rings is 2. The third-order valence-electron chi connectivity index (χ3n) is 7.90. The maximum atomic E-state index is 13.0. The minimum atomic E-state index is 0.0116. The molecule has 9 heteroatoms. The largest absolute Gasteiger partial charge is 0.457 e. The second-order valence-corrected chi connectivity index (χ2v) is 11.8. The number of nitrogens with one attached hydrogen (secondary N) is 3. The number of amides is 1. The summed E-state index contributed by atoms with van der Waals surface area (Å²) in [5.74, 6) is 2.07. The molecule has 2 aromatic rings. The van der Waals surface area contributed by atoms with E-state index in [1.807, 2.05) is 79.4 Å². The van der Waals surface area contributed by atoms with Crippen LogP contribution in [0.3, 0.4) is 0 Å². The lowest BCUT2D eigenvalue weighted by molar-refractivity contribution is -0.127. The van der Waals surface area contributed by atoms with E-state index in [-0.39, 0.29) is 17.7 Å². The Kier molecular flexibility index (Phi) is 15.2. The monoisotopic (exact) mass is 627 g/mol. The zero-order chi connectivity index (χ0) is 33.3. The number of hydrogen-bond donors (Lipinski definition) is 4. The van der Waals surface area contributed by atoms with Crippen molar-refractivity contribution in [2.24, 2.45) is 10.7 Å². The van der Waals surface area contributed by atoms with E-state index in [0.29, 0.717) is 54.1 Å². The van der Waals surface area contributed by atoms with Crippen LogP contribution in [0.5, 0.6) is 11.5 Å². The van der Waals surface area contributed by atoms with Crippen LogP contribution in [-0.4, -0.2) is 85.7 Å². The topological polar surface area (TPSA) is 119 Å². The number of likely N-dealkylation sites (tertiary alicyclic amines) is 2. The summed E-state index contributed by atoms with van der Waals surface area (Å²) in [6, 6.07) is 17.6. The van der Waals surface area contributed by atoms with Crippen molar-refractivity contribution in [3.05, 3.63) is 96.2 Å². The third kappa shape index (κ3) is 11.6. The van der Waals surface area contributed by atoms with Crippen molar-refractivity contribution in [2.75, 3.05) is 46.3 Å². The summed E-state index contributed by atoms with van der Waals surface area (Å²) in [6.07, 6.45) is 9.47. The van der Waals surface area contributed by atoms with Crippen molar-refractivity contribution >= 4 is 17.5 Å². The molecule has 0 saturated carbocycles. The first-order valence-corrected chi connectivity index (χ1v) is 16.4. The highest BCUT2D eigenvalue weighted by molar-refractivity contribution is 6.28. The smallest absolute Gasteiger partial charge is 0.246 e. The Labute approximate surface area is 275 Å². The van der Waals surface area contributed by atoms with Gasteiger partial charge in [-0.25, -0.2) is 0 Å². The van der Waals surface area contributed by atoms with Crippen LogP contribution in [0, 0.1) is 5.41 Å². The average molecular weight is 628 g/mol. The predicted octanol–water partition coefficient (Wildman–Crippen LogP) is 5.51. The van der Waals surface area contributed by atoms with Crippen LogP contribution in [0.25, 0.3) is 0 Å². The predicted molar refractivity (Wildman–Crippen MR) is 191 cm³/mol. The van der Waals surface area contributed by atoms with Gasteiger partial charge in [-0.2, -0.15) is 0 Å². The fourth-order valence-corrected chi connectivity index (χ4v) is 5.52. The van der Waals surface area contributed by atoms with Gasteiger partial charge < -0.3 is 30.9 Å². The minimum Gasteiger partial charge on any atom is -0.457 e. The molecule has 2 aromatic carbocycles. The van der Waals surface area contributed by atoms with Gasteiger partial charge >= 0.3 is 0 Å². The highest BCUT2D eigenvalue weighted by atomic mass is 16.5. The van der Waals surface area contributed by atoms with E-state index in [4.69, 9.17) is 20.9 Å². The van der Waals surface area contributed by atoms with Gasteiger partial charge in [0.2, 0.25) is 5.91 Å². The summed E-state index contributed by atoms with van der Waals surface area (Å²) in [6.45, 7) is 13.8. The second kappa shape index (κ2) is 19.3. The number of aliphatic imine (C=N–C) groups is 1. The van der Waals surface area contributed by atoms with Crippen molar-refractivity contribution in [3.63, 3.8) is 0 Å². The van der Waals surface area contributed by atoms with E-state index < -0.39 is 0 Å². The van der Waals surface area contributed by atoms with E-state index in [1.54, 1.807) is 19.1 Å². The van der Waals surface area contributed by atoms with Crippen molar-refractivity contribution in [3.8, 4) is 11.5 Å². The number of hydrogen-bond acceptors (Lipinski definition) is 7. The molecule has 1 atom stereocenters. The summed E-state index contributed by atoms with van der Waals surface area (Å²) in [4.78, 5) is 22.0. The van der Waals surface area contributed by atoms with Crippen LogP contribution in [0.1, 0.15) is 52.0 Å². The molecular weight excluding hydrogens is 574 g/mol. The Morgan fingerprint density at radius 1 is 1.07 bits per heavy atom. The maximum Gasteiger partial charge on any atom is 0.246 e. The Balaban J connectivity index is 0.00000185. The van der Waals surface area contributed by atoms with E-state index in [0.717, 1.165) is 51.1 Å². The Morgan fingerprint density at radius 3 is 2.35 bits per heavy atom. The van der Waals surface area contributed by atoms with Gasteiger partial charge in [0.05, 0.1) is 11.3 Å². The number of ether oxygens (including phenoxy) is 1. The first-order valence-electron chi connectivity index (χ1n) is 16.4. The van der Waals surface area contributed by atoms with Crippen molar-refractivity contribution in [1.29, 1.82) is 5.41 Å². The summed E-state index contributed by atoms with van der Waals surface area (Å²) >= 11 is 0. The van der Waals surface area contributed by atoms with Gasteiger partial charge in [0.25, 0.3) is 0 Å². The molecular formula is C37H53N7O2. The molecule has 4 rings (SSSR count). The number of para-hydroxylation sites is 1. The van der Waals surface area contributed by atoms with Gasteiger partial charge in [-0.1, -0.05) is 30.4 Å². The van der Waals surface area contributed by atoms with Gasteiger partial charge in [0.15, 0.2) is 0 Å². The summed E-state index contributed by atoms with van der Waals surface area (Å²) in [5, 5.41) is 16.1. The van der Waals surface area contributed by atoms with Gasteiger partial charge in [-0.05, 0) is 103 Å². The van der Waals surface area contributed by atoms with E-state index in [2.05, 4.69) is 29.2 Å². The molecule has 9 nitrogen and oxygen atoms in total. The first kappa shape index (κ1) is 36.3. The van der Waals surface area contributed by atoms with Crippen LogP contribution >= 0.6 is 0 Å². The van der Waals surface area contributed by atoms with E-state index >= 15 is 0 Å². The van der Waals surface area contributed by atoms with Crippen molar-refractivity contribution in [1.82, 2.24) is 20.4 Å². The molecule has 46 heavy (non-hydrogen) atoms. The molecule has 5 N–H and O–H groups in total. The molecule has 1 unspecified atom stereocenters. The fraction of sp³-hybridized carbons (Fsp3) is 0.432. The standard InChI is InChI=1S/C34H47N7O2.C3H6/c1-4-37-34(32(25(2)35)33(36)26-14-16-30(17-15-26)43-29-11-6-5-7-12-29)39-28-10-9-21-41(24-28)31(42)13-8-20-38-27-18-22-40(3)23-19-27;1-3-2/h5-8,11-17,27-28,36,38H,4,9-10,18-24,35H2,1-3H3,(H,37,39);3H,1H2,2H3/b13-8+,32-25+,36-33?;. The molecule has 0 aliphatic carbocycles. The Hall–Kier alpha value is -4.21. The molecule has 2 heterocycles. The number of amidine groups is 1. The van der Waals surface area contributed by atoms with Gasteiger partial charge in [0, 0.05) is 55.6 Å². The normalized spacial score (nSPS) is 18.3. The molecule has 2 saturated heterocycles. The lowest BCUT2D eigenvalue weighted by atomic mass is 9.98. The Morgan fingerprint density at radius 2 is 1.72 bits per heavy atom. The number of allylic oxidation sites excluding steroid dienone is 2. The highest BCUT2D eigenvalue weighted by Crippen LogP contribution is 2.23. The Bertz CT molecular complexity index is 1340. The number of rotatable bonds is 11. The molecule has 0 radical (unpaired) electrons. The SMILES string of the molecule is C=CC.CCN=C(NC1CCCN(C(=O)/C=C/CNC2CCN(C)CC2)C1)/C(C(=N)c1ccc(Oc2ccccc2)cc1)=C(\C)N. The van der Waals surface area contributed by atoms with Crippen molar-refractivity contribution in [2.45, 2.75) is 58.5 Å². The molecule has 2 aliphatic rings. The molecule has 2 fully saturated rings. The van der Waals surface area contributed by atoms with Crippen molar-refractivity contribution < 1.29 is 9.53 Å². The summed E-state index contributed by atoms with van der Waals surface area (Å²) in [7, 11) is 2.16. The lowest BCUT2D eigenvalue weighted by Gasteiger charge is -2.34. The fourth-order valence-electron chi connectivity index (χ4n) is 5.52. The van der Waals surface area contributed by atoms with Crippen LogP contribution in [0.2, 0.25) is 0 Å². The zero-order valence-corrected chi connectivity index (χ0v) is 28.1. The molecule has 0 aromatic heterocycles. The molecule has 2 aliphatic heterocycles. The van der Waals surface area contributed by atoms with Gasteiger partial charge in [0.1, 0.15) is 17.3 Å². The van der Waals surface area contributed by atoms with Crippen LogP contribution in [0.15, 0.2) is 95.7 Å². The number of benzene rings is 2. The summed E-state index contributed by atoms with van der Waals surface area (Å²) < 4.78 is 5.91. The van der Waals surface area contributed by atoms with Crippen LogP contribution < -0.4 is 21.1 Å². The van der Waals surface area contributed by atoms with Gasteiger partial charge in [-0.15, -0.1) is 6.58 Å². The summed E-state index contributed by atoms with van der Waals surface area (Å²) in [5.41, 5.74) is 8.44. The van der Waals surface area contributed by atoms with E-state index in [9.17, 15) is 4.79 Å². The number of nitrogens with two attached hydrogens (primary N) is 1. The van der Waals surface area contributed by atoms with Gasteiger partial charge in [-0.3, -0.25) is 15.2 Å². The highest BCUT2D eigenvalue weighted by Gasteiger charge is 2.26. The van der Waals surface area contributed by atoms with Crippen LogP contribution in [0.4, 0.5) is 0 Å². The number of carbonyl (C=O) groups excluding carboxylic acids is 1. The zero-order valence-electron chi connectivity index (χ0n) is 28.1. The quantitative estimate of drug-likeness (QED) is 0.113.